The third-order valence-electron chi connectivity index (χ3n) is 3.16. The summed E-state index contributed by atoms with van der Waals surface area (Å²) in [6.45, 7) is 7.21. The fourth-order valence-corrected chi connectivity index (χ4v) is 1.58. The van der Waals surface area contributed by atoms with Crippen molar-refractivity contribution in [2.24, 2.45) is 5.92 Å². The highest BCUT2D eigenvalue weighted by Gasteiger charge is 2.33. The average molecular weight is 253 g/mol. The average Bonchev–Trinajstić information content (AvgIpc) is 2.63. The molecule has 1 heterocycles. The maximum absolute atomic E-state index is 12.0. The van der Waals surface area contributed by atoms with Crippen LogP contribution in [0.5, 0.6) is 0 Å². The number of rotatable bonds is 5. The van der Waals surface area contributed by atoms with Gasteiger partial charge in [-0.1, -0.05) is 13.8 Å². The molecule has 100 valence electrons. The Labute approximate surface area is 106 Å². The molecule has 5 heteroatoms. The van der Waals surface area contributed by atoms with Gasteiger partial charge in [0.2, 0.25) is 0 Å². The Morgan fingerprint density at radius 1 is 1.44 bits per heavy atom. The number of hydrogen-bond donors (Lipinski definition) is 2. The number of carbonyl (C=O) groups is 2. The molecule has 2 N–H and O–H groups in total. The van der Waals surface area contributed by atoms with Crippen LogP contribution in [0.3, 0.4) is 0 Å². The van der Waals surface area contributed by atoms with Crippen LogP contribution in [-0.2, 0) is 4.79 Å². The zero-order valence-electron chi connectivity index (χ0n) is 11.1. The minimum absolute atomic E-state index is 0.00592. The molecule has 1 rings (SSSR count). The molecule has 0 aliphatic rings. The van der Waals surface area contributed by atoms with E-state index in [4.69, 9.17) is 9.52 Å². The number of amides is 1. The molecule has 0 saturated heterocycles. The van der Waals surface area contributed by atoms with E-state index in [0.29, 0.717) is 5.76 Å². The van der Waals surface area contributed by atoms with Crippen LogP contribution in [0.2, 0.25) is 0 Å². The van der Waals surface area contributed by atoms with Gasteiger partial charge in [-0.3, -0.25) is 9.59 Å². The summed E-state index contributed by atoms with van der Waals surface area (Å²) in [5.41, 5.74) is -0.802. The van der Waals surface area contributed by atoms with E-state index in [1.807, 2.05) is 13.8 Å². The molecule has 1 atom stereocenters. The molecule has 0 aliphatic heterocycles. The predicted molar refractivity (Wildman–Crippen MR) is 66.4 cm³/mol. The van der Waals surface area contributed by atoms with Crippen molar-refractivity contribution in [1.82, 2.24) is 5.32 Å². The molecule has 18 heavy (non-hydrogen) atoms. The van der Waals surface area contributed by atoms with Gasteiger partial charge in [-0.15, -0.1) is 0 Å². The van der Waals surface area contributed by atoms with Gasteiger partial charge in [0.25, 0.3) is 5.91 Å². The summed E-state index contributed by atoms with van der Waals surface area (Å²) in [5.74, 6) is -0.495. The molecule has 0 aliphatic carbocycles. The van der Waals surface area contributed by atoms with Gasteiger partial charge in [0.15, 0.2) is 5.76 Å². The van der Waals surface area contributed by atoms with E-state index >= 15 is 0 Å². The van der Waals surface area contributed by atoms with Crippen molar-refractivity contribution in [3.8, 4) is 0 Å². The largest absolute Gasteiger partial charge is 0.481 e. The normalized spacial score (nSPS) is 14.3. The fraction of sp³-hybridized carbons (Fsp3) is 0.538. The second-order valence-corrected chi connectivity index (χ2v) is 5.01. The first-order chi connectivity index (χ1) is 8.24. The van der Waals surface area contributed by atoms with E-state index in [9.17, 15) is 9.59 Å². The van der Waals surface area contributed by atoms with Gasteiger partial charge in [0.1, 0.15) is 5.76 Å². The van der Waals surface area contributed by atoms with Gasteiger partial charge < -0.3 is 14.8 Å². The summed E-state index contributed by atoms with van der Waals surface area (Å²) in [6, 6.07) is 3.27. The first-order valence-corrected chi connectivity index (χ1v) is 5.85. The maximum atomic E-state index is 12.0. The highest BCUT2D eigenvalue weighted by Crippen LogP contribution is 2.21. The Kier molecular flexibility index (Phi) is 4.16. The number of aryl methyl sites for hydroxylation is 1. The first-order valence-electron chi connectivity index (χ1n) is 5.85. The van der Waals surface area contributed by atoms with E-state index < -0.39 is 11.5 Å². The van der Waals surface area contributed by atoms with E-state index in [0.717, 1.165) is 0 Å². The summed E-state index contributed by atoms with van der Waals surface area (Å²) >= 11 is 0. The summed E-state index contributed by atoms with van der Waals surface area (Å²) in [5, 5.41) is 11.7. The van der Waals surface area contributed by atoms with Crippen molar-refractivity contribution in [2.45, 2.75) is 39.7 Å². The van der Waals surface area contributed by atoms with Crippen molar-refractivity contribution < 1.29 is 19.1 Å². The lowest BCUT2D eigenvalue weighted by Gasteiger charge is -2.33. The number of hydrogen-bond acceptors (Lipinski definition) is 3. The smallest absolute Gasteiger partial charge is 0.305 e. The number of carboxylic acid groups (broad SMARTS) is 1. The minimum Gasteiger partial charge on any atom is -0.481 e. The summed E-state index contributed by atoms with van der Waals surface area (Å²) < 4.78 is 5.22. The quantitative estimate of drug-likeness (QED) is 0.843. The Balaban J connectivity index is 2.84. The standard InChI is InChI=1S/C13H19NO4/c1-8(2)13(4,7-11(15)16)14-12(17)10-6-5-9(3)18-10/h5-6,8H,7H2,1-4H3,(H,14,17)(H,15,16). The monoisotopic (exact) mass is 253 g/mol. The SMILES string of the molecule is Cc1ccc(C(=O)NC(C)(CC(=O)O)C(C)C)o1. The lowest BCUT2D eigenvalue weighted by Crippen LogP contribution is -2.51. The van der Waals surface area contributed by atoms with Gasteiger partial charge in [-0.2, -0.15) is 0 Å². The van der Waals surface area contributed by atoms with E-state index in [-0.39, 0.29) is 24.0 Å². The number of furan rings is 1. The molecule has 1 aromatic rings. The molecule has 0 bridgehead atoms. The zero-order chi connectivity index (χ0) is 13.9. The topological polar surface area (TPSA) is 79.5 Å². The van der Waals surface area contributed by atoms with Crippen LogP contribution >= 0.6 is 0 Å². The van der Waals surface area contributed by atoms with Gasteiger partial charge in [-0.25, -0.2) is 0 Å². The summed E-state index contributed by atoms with van der Waals surface area (Å²) in [4.78, 5) is 22.8. The third-order valence-corrected chi connectivity index (χ3v) is 3.16. The first kappa shape index (κ1) is 14.3. The maximum Gasteiger partial charge on any atom is 0.305 e. The highest BCUT2D eigenvalue weighted by atomic mass is 16.4. The Hall–Kier alpha value is -1.78. The fourth-order valence-electron chi connectivity index (χ4n) is 1.58. The number of aliphatic carboxylic acids is 1. The van der Waals surface area contributed by atoms with Crippen LogP contribution in [0, 0.1) is 12.8 Å². The van der Waals surface area contributed by atoms with Crippen molar-refractivity contribution in [2.75, 3.05) is 0 Å². The van der Waals surface area contributed by atoms with Crippen molar-refractivity contribution in [1.29, 1.82) is 0 Å². The molecular formula is C13H19NO4. The second kappa shape index (κ2) is 5.25. The third kappa shape index (κ3) is 3.35. The van der Waals surface area contributed by atoms with Crippen LogP contribution in [-0.4, -0.2) is 22.5 Å². The van der Waals surface area contributed by atoms with E-state index in [2.05, 4.69) is 5.32 Å². The van der Waals surface area contributed by atoms with Gasteiger partial charge in [0.05, 0.1) is 12.0 Å². The Bertz CT molecular complexity index is 450. The molecule has 5 nitrogen and oxygen atoms in total. The Morgan fingerprint density at radius 3 is 2.44 bits per heavy atom. The van der Waals surface area contributed by atoms with Crippen molar-refractivity contribution >= 4 is 11.9 Å². The molecule has 0 radical (unpaired) electrons. The van der Waals surface area contributed by atoms with Crippen LogP contribution in [0.15, 0.2) is 16.5 Å². The number of carboxylic acids is 1. The molecular weight excluding hydrogens is 234 g/mol. The zero-order valence-corrected chi connectivity index (χ0v) is 11.1. The molecule has 0 saturated carbocycles. The molecule has 1 amide bonds. The summed E-state index contributed by atoms with van der Waals surface area (Å²) in [7, 11) is 0. The van der Waals surface area contributed by atoms with Gasteiger partial charge in [-0.05, 0) is 31.9 Å². The minimum atomic E-state index is -0.942. The van der Waals surface area contributed by atoms with E-state index in [1.54, 1.807) is 26.0 Å². The molecule has 1 aromatic heterocycles. The molecule has 0 aromatic carbocycles. The van der Waals surface area contributed by atoms with Crippen LogP contribution in [0.4, 0.5) is 0 Å². The molecule has 0 fully saturated rings. The predicted octanol–water partition coefficient (Wildman–Crippen LogP) is 2.21. The van der Waals surface area contributed by atoms with Gasteiger partial charge in [0, 0.05) is 0 Å². The van der Waals surface area contributed by atoms with E-state index in [1.165, 1.54) is 0 Å². The van der Waals surface area contributed by atoms with Crippen LogP contribution < -0.4 is 5.32 Å². The lowest BCUT2D eigenvalue weighted by molar-refractivity contribution is -0.138. The van der Waals surface area contributed by atoms with Gasteiger partial charge >= 0.3 is 5.97 Å². The van der Waals surface area contributed by atoms with Crippen molar-refractivity contribution in [3.05, 3.63) is 23.7 Å². The molecule has 1 unspecified atom stereocenters. The second-order valence-electron chi connectivity index (χ2n) is 5.01. The molecule has 0 spiro atoms. The van der Waals surface area contributed by atoms with Crippen LogP contribution in [0.25, 0.3) is 0 Å². The van der Waals surface area contributed by atoms with Crippen LogP contribution in [0.1, 0.15) is 43.5 Å². The van der Waals surface area contributed by atoms with Crippen molar-refractivity contribution in [3.63, 3.8) is 0 Å². The highest BCUT2D eigenvalue weighted by molar-refractivity contribution is 5.92. The number of carbonyl (C=O) groups excluding carboxylic acids is 1. The Morgan fingerprint density at radius 2 is 2.06 bits per heavy atom. The lowest BCUT2D eigenvalue weighted by atomic mass is 9.85. The summed E-state index contributed by atoms with van der Waals surface area (Å²) in [6.07, 6.45) is -0.129. The number of nitrogens with one attached hydrogen (secondary N) is 1.